The van der Waals surface area contributed by atoms with Gasteiger partial charge in [-0.2, -0.15) is 5.26 Å². The normalized spacial score (nSPS) is 14.8. The molecule has 5 rings (SSSR count). The highest BCUT2D eigenvalue weighted by Gasteiger charge is 2.28. The third-order valence-corrected chi connectivity index (χ3v) is 7.74. The molecule has 1 heterocycles. The molecule has 0 fully saturated rings. The number of fused-ring (bicyclic) bond motifs is 1. The number of benzene rings is 3. The van der Waals surface area contributed by atoms with Crippen molar-refractivity contribution in [3.05, 3.63) is 112 Å². The molecule has 0 unspecified atom stereocenters. The Labute approximate surface area is 265 Å². The first-order valence-electron chi connectivity index (χ1n) is 14.3. The van der Waals surface area contributed by atoms with Gasteiger partial charge in [-0.25, -0.2) is 4.39 Å². The fourth-order valence-corrected chi connectivity index (χ4v) is 5.48. The van der Waals surface area contributed by atoms with E-state index in [0.29, 0.717) is 51.6 Å². The van der Waals surface area contributed by atoms with E-state index in [1.54, 1.807) is 43.5 Å². The molecule has 45 heavy (non-hydrogen) atoms. The Kier molecular flexibility index (Phi) is 9.92. The number of hydrogen-bond donors (Lipinski definition) is 3. The number of carbonyl (C=O) groups is 1. The van der Waals surface area contributed by atoms with Crippen molar-refractivity contribution in [3.63, 3.8) is 0 Å². The summed E-state index contributed by atoms with van der Waals surface area (Å²) in [6.45, 7) is 1.72. The number of pyridine rings is 1. The molecule has 0 saturated heterocycles. The maximum absolute atomic E-state index is 14.7. The van der Waals surface area contributed by atoms with Gasteiger partial charge in [0, 0.05) is 41.7 Å². The predicted octanol–water partition coefficient (Wildman–Crippen LogP) is 5.98. The quantitative estimate of drug-likeness (QED) is 0.129. The molecule has 3 aromatic carbocycles. The van der Waals surface area contributed by atoms with E-state index >= 15 is 0 Å². The third kappa shape index (κ3) is 7.58. The molecular weight excluding hydrogens is 597 g/mol. The highest BCUT2D eigenvalue weighted by Crippen LogP contribution is 2.43. The molecule has 1 aliphatic rings. The molecule has 9 nitrogen and oxygen atoms in total. The van der Waals surface area contributed by atoms with Crippen LogP contribution in [0.15, 0.2) is 78.0 Å². The molecule has 4 aromatic rings. The number of carboxylic acids is 1. The topological polar surface area (TPSA) is 143 Å². The van der Waals surface area contributed by atoms with Crippen LogP contribution in [0.2, 0.25) is 5.02 Å². The van der Waals surface area contributed by atoms with Gasteiger partial charge in [0.05, 0.1) is 23.0 Å². The molecule has 0 spiro atoms. The molecule has 1 aliphatic carbocycles. The Bertz CT molecular complexity index is 1790. The second-order valence-corrected chi connectivity index (χ2v) is 11.0. The first-order valence-corrected chi connectivity index (χ1v) is 14.7. The minimum absolute atomic E-state index is 0.0502. The second-order valence-electron chi connectivity index (χ2n) is 10.6. The lowest BCUT2D eigenvalue weighted by Crippen LogP contribution is -2.39. The van der Waals surface area contributed by atoms with Gasteiger partial charge in [-0.15, -0.1) is 0 Å². The van der Waals surface area contributed by atoms with Crippen molar-refractivity contribution >= 4 is 23.4 Å². The average molecular weight is 628 g/mol. The van der Waals surface area contributed by atoms with Crippen molar-refractivity contribution in [2.75, 3.05) is 6.54 Å². The Hall–Kier alpha value is -4.98. The van der Waals surface area contributed by atoms with Gasteiger partial charge < -0.3 is 20.3 Å². The monoisotopic (exact) mass is 627 g/mol. The first kappa shape index (κ1) is 31.4. The van der Waals surface area contributed by atoms with Crippen LogP contribution in [0.3, 0.4) is 0 Å². The number of aromatic nitrogens is 1. The Morgan fingerprint density at radius 1 is 1.20 bits per heavy atom. The van der Waals surface area contributed by atoms with Crippen molar-refractivity contribution in [2.24, 2.45) is 10.7 Å². The lowest BCUT2D eigenvalue weighted by atomic mass is 9.96. The van der Waals surface area contributed by atoms with Crippen LogP contribution in [0.1, 0.15) is 47.3 Å². The van der Waals surface area contributed by atoms with Crippen LogP contribution in [-0.4, -0.2) is 34.5 Å². The van der Waals surface area contributed by atoms with Gasteiger partial charge >= 0.3 is 5.97 Å². The van der Waals surface area contributed by atoms with Gasteiger partial charge in [0.15, 0.2) is 0 Å². The first-order chi connectivity index (χ1) is 21.7. The lowest BCUT2D eigenvalue weighted by Gasteiger charge is -2.20. The number of nitriles is 1. The van der Waals surface area contributed by atoms with Gasteiger partial charge in [-0.05, 0) is 54.7 Å². The van der Waals surface area contributed by atoms with E-state index in [1.165, 1.54) is 12.3 Å². The number of ether oxygens (including phenoxy) is 2. The highest BCUT2D eigenvalue weighted by atomic mass is 35.5. The number of aliphatic imine (C=N–C) groups is 1. The van der Waals surface area contributed by atoms with Crippen LogP contribution in [0, 0.1) is 17.1 Å². The smallest absolute Gasteiger partial charge is 0.322 e. The molecule has 0 amide bonds. The minimum Gasteiger partial charge on any atom is -0.488 e. The van der Waals surface area contributed by atoms with Gasteiger partial charge in [0.1, 0.15) is 42.1 Å². The highest BCUT2D eigenvalue weighted by molar-refractivity contribution is 6.32. The number of nitrogens with two attached hydrogens (primary N) is 1. The fraction of sp³-hybridized carbons (Fsp3) is 0.235. The molecule has 4 N–H and O–H groups in total. The molecule has 1 aromatic heterocycles. The van der Waals surface area contributed by atoms with Crippen molar-refractivity contribution < 1.29 is 23.8 Å². The minimum atomic E-state index is -1.08. The number of rotatable bonds is 12. The zero-order valence-corrected chi connectivity index (χ0v) is 25.2. The summed E-state index contributed by atoms with van der Waals surface area (Å²) < 4.78 is 27.3. The van der Waals surface area contributed by atoms with Crippen LogP contribution >= 0.6 is 11.6 Å². The zero-order chi connectivity index (χ0) is 31.9. The zero-order valence-electron chi connectivity index (χ0n) is 24.5. The largest absolute Gasteiger partial charge is 0.488 e. The van der Waals surface area contributed by atoms with Crippen molar-refractivity contribution in [1.29, 1.82) is 5.26 Å². The molecule has 0 aliphatic heterocycles. The standard InChI is InChI=1S/C34H31ClFN5O4/c1-20(38)40-18-30(34(42)43)41-17-23-12-28(35)33(13-32(23)44-19-22-11-21(14-37)15-39-16-22)45-31-10-9-25-24(6-4-7-27(25)31)26-5-2-3-8-29(26)36/h2-8,11-13,15-16,30-31,41H,9-10,17-19H2,1H3,(H2,38,40)(H,42,43)/t30-,31+/m1/s1. The number of aliphatic carboxylic acids is 1. The molecule has 2 atom stereocenters. The maximum atomic E-state index is 14.7. The Balaban J connectivity index is 1.43. The maximum Gasteiger partial charge on any atom is 0.322 e. The molecular formula is C34H31ClFN5O4. The summed E-state index contributed by atoms with van der Waals surface area (Å²) in [5, 5.41) is 22.2. The van der Waals surface area contributed by atoms with Crippen LogP contribution in [0.5, 0.6) is 11.5 Å². The fourth-order valence-electron chi connectivity index (χ4n) is 5.25. The van der Waals surface area contributed by atoms with E-state index in [2.05, 4.69) is 21.4 Å². The number of hydrogen-bond acceptors (Lipinski definition) is 7. The van der Waals surface area contributed by atoms with E-state index in [9.17, 15) is 19.6 Å². The van der Waals surface area contributed by atoms with Crippen molar-refractivity contribution in [3.8, 4) is 28.7 Å². The van der Waals surface area contributed by atoms with Crippen LogP contribution < -0.4 is 20.5 Å². The molecule has 11 heteroatoms. The van der Waals surface area contributed by atoms with E-state index in [0.717, 1.165) is 16.7 Å². The van der Waals surface area contributed by atoms with Crippen LogP contribution in [-0.2, 0) is 24.4 Å². The van der Waals surface area contributed by atoms with Gasteiger partial charge in [0.2, 0.25) is 0 Å². The van der Waals surface area contributed by atoms with Crippen molar-refractivity contribution in [2.45, 2.75) is 45.1 Å². The summed E-state index contributed by atoms with van der Waals surface area (Å²) in [6.07, 6.45) is 4.11. The Morgan fingerprint density at radius 2 is 2.00 bits per heavy atom. The number of halogens is 2. The summed E-state index contributed by atoms with van der Waals surface area (Å²) in [5.41, 5.74) is 10.6. The second kappa shape index (κ2) is 14.2. The van der Waals surface area contributed by atoms with Crippen LogP contribution in [0.4, 0.5) is 4.39 Å². The average Bonchev–Trinajstić information content (AvgIpc) is 3.44. The van der Waals surface area contributed by atoms with Gasteiger partial charge in [0.25, 0.3) is 0 Å². The summed E-state index contributed by atoms with van der Waals surface area (Å²) in [4.78, 5) is 20.0. The van der Waals surface area contributed by atoms with E-state index < -0.39 is 12.0 Å². The van der Waals surface area contributed by atoms with E-state index in [4.69, 9.17) is 26.8 Å². The number of amidine groups is 1. The number of carboxylic acid groups (broad SMARTS) is 1. The summed E-state index contributed by atoms with van der Waals surface area (Å²) >= 11 is 6.73. The molecule has 0 radical (unpaired) electrons. The number of nitrogens with one attached hydrogen (secondary N) is 1. The molecule has 230 valence electrons. The van der Waals surface area contributed by atoms with Crippen molar-refractivity contribution in [1.82, 2.24) is 10.3 Å². The lowest BCUT2D eigenvalue weighted by molar-refractivity contribution is -0.139. The van der Waals surface area contributed by atoms with Gasteiger partial charge in [-0.3, -0.25) is 20.1 Å². The summed E-state index contributed by atoms with van der Waals surface area (Å²) in [5.74, 6) is -0.298. The number of nitrogens with zero attached hydrogens (tertiary/aromatic N) is 3. The predicted molar refractivity (Wildman–Crippen MR) is 169 cm³/mol. The summed E-state index contributed by atoms with van der Waals surface area (Å²) in [6, 6.07) is 18.6. The molecule has 0 bridgehead atoms. The van der Waals surface area contributed by atoms with Crippen LogP contribution in [0.25, 0.3) is 11.1 Å². The molecule has 0 saturated carbocycles. The summed E-state index contributed by atoms with van der Waals surface area (Å²) in [7, 11) is 0. The van der Waals surface area contributed by atoms with Gasteiger partial charge in [-0.1, -0.05) is 48.0 Å². The Morgan fingerprint density at radius 3 is 2.76 bits per heavy atom. The van der Waals surface area contributed by atoms with E-state index in [-0.39, 0.29) is 37.5 Å². The third-order valence-electron chi connectivity index (χ3n) is 7.44. The van der Waals surface area contributed by atoms with E-state index in [1.807, 2.05) is 24.3 Å². The SMILES string of the molecule is CC(N)=NC[C@@H](NCc1cc(Cl)c(O[C@H]2CCc3c(-c4ccccc4F)cccc32)cc1OCc1cncc(C#N)c1)C(=O)O.